The maximum absolute atomic E-state index is 13.0. The number of nitrogens with two attached hydrogens (primary N) is 1. The van der Waals surface area contributed by atoms with E-state index in [0.717, 1.165) is 17.0 Å². The number of primary amides is 1. The summed E-state index contributed by atoms with van der Waals surface area (Å²) in [6.45, 7) is 1.06. The van der Waals surface area contributed by atoms with Gasteiger partial charge in [-0.2, -0.15) is 0 Å². The second-order valence-corrected chi connectivity index (χ2v) is 7.70. The molecule has 10 heteroatoms. The topological polar surface area (TPSA) is 121 Å². The molecule has 2 aromatic heterocycles. The molecule has 1 aromatic carbocycles. The van der Waals surface area contributed by atoms with Crippen molar-refractivity contribution in [2.24, 2.45) is 5.73 Å². The smallest absolute Gasteiger partial charge is 0.289 e. The summed E-state index contributed by atoms with van der Waals surface area (Å²) in [6, 6.07) is 10.4. The molecule has 0 bridgehead atoms. The second kappa shape index (κ2) is 8.13. The average molecular weight is 442 g/mol. The lowest BCUT2D eigenvalue weighted by molar-refractivity contribution is 0.0981. The number of amidine groups is 1. The van der Waals surface area contributed by atoms with Gasteiger partial charge in [0.25, 0.3) is 17.8 Å². The van der Waals surface area contributed by atoms with Crippen molar-refractivity contribution >= 4 is 52.1 Å². The monoisotopic (exact) mass is 441 g/mol. The summed E-state index contributed by atoms with van der Waals surface area (Å²) in [5.74, 6) is -1.16. The van der Waals surface area contributed by atoms with Gasteiger partial charge in [0.05, 0.1) is 22.8 Å². The van der Waals surface area contributed by atoms with E-state index in [2.05, 4.69) is 10.3 Å². The van der Waals surface area contributed by atoms with E-state index >= 15 is 0 Å². The van der Waals surface area contributed by atoms with E-state index in [1.807, 2.05) is 0 Å². The zero-order chi connectivity index (χ0) is 21.3. The number of aromatic nitrogens is 1. The van der Waals surface area contributed by atoms with E-state index in [1.165, 1.54) is 6.20 Å². The van der Waals surface area contributed by atoms with Crippen LogP contribution in [0, 0.1) is 5.41 Å². The number of nitrogens with one attached hydrogen (secondary N) is 2. The number of halogens is 1. The third-order valence-corrected chi connectivity index (χ3v) is 5.70. The van der Waals surface area contributed by atoms with Gasteiger partial charge in [-0.1, -0.05) is 11.6 Å². The second-order valence-electron chi connectivity index (χ2n) is 6.39. The van der Waals surface area contributed by atoms with Crippen LogP contribution in [0.2, 0.25) is 5.02 Å². The van der Waals surface area contributed by atoms with E-state index in [-0.39, 0.29) is 16.5 Å². The number of carbonyl (C=O) groups excluding carboxylic acids is 2. The molecule has 1 aliphatic rings. The minimum absolute atomic E-state index is 0.0938. The van der Waals surface area contributed by atoms with Gasteiger partial charge in [0.1, 0.15) is 11.5 Å². The number of anilines is 2. The van der Waals surface area contributed by atoms with Crippen LogP contribution in [0.3, 0.4) is 0 Å². The molecule has 1 saturated heterocycles. The average Bonchev–Trinajstić information content (AvgIpc) is 3.36. The van der Waals surface area contributed by atoms with Crippen molar-refractivity contribution in [2.75, 3.05) is 23.4 Å². The molecule has 0 aliphatic carbocycles. The van der Waals surface area contributed by atoms with Crippen molar-refractivity contribution in [1.82, 2.24) is 4.98 Å². The first kappa shape index (κ1) is 19.9. The number of amides is 2. The van der Waals surface area contributed by atoms with Crippen LogP contribution in [0.4, 0.5) is 11.4 Å². The van der Waals surface area contributed by atoms with Gasteiger partial charge in [-0.15, -0.1) is 11.3 Å². The van der Waals surface area contributed by atoms with Crippen LogP contribution in [0.1, 0.15) is 20.0 Å². The van der Waals surface area contributed by atoms with Gasteiger partial charge in [-0.3, -0.25) is 24.9 Å². The van der Waals surface area contributed by atoms with Gasteiger partial charge in [0.15, 0.2) is 0 Å². The Morgan fingerprint density at radius 3 is 2.60 bits per heavy atom. The first-order valence-corrected chi connectivity index (χ1v) is 10.1. The Morgan fingerprint density at radius 2 is 2.00 bits per heavy atom. The highest BCUT2D eigenvalue weighted by Gasteiger charge is 2.24. The van der Waals surface area contributed by atoms with Gasteiger partial charge in [0.2, 0.25) is 0 Å². The highest BCUT2D eigenvalue weighted by molar-refractivity contribution is 7.13. The number of nitrogens with zero attached hydrogens (tertiary/aromatic N) is 2. The molecular formula is C20H16ClN5O3S. The molecule has 3 aromatic rings. The summed E-state index contributed by atoms with van der Waals surface area (Å²) in [5, 5.41) is 12.7. The minimum Gasteiger partial charge on any atom is -0.463 e. The van der Waals surface area contributed by atoms with Crippen molar-refractivity contribution in [3.63, 3.8) is 0 Å². The van der Waals surface area contributed by atoms with Gasteiger partial charge in [-0.25, -0.2) is 0 Å². The Labute approximate surface area is 180 Å². The summed E-state index contributed by atoms with van der Waals surface area (Å²) in [5.41, 5.74) is 7.98. The fourth-order valence-corrected chi connectivity index (χ4v) is 4.09. The number of hydrogen-bond acceptors (Lipinski definition) is 6. The van der Waals surface area contributed by atoms with Crippen molar-refractivity contribution in [3.05, 3.63) is 63.4 Å². The highest BCUT2D eigenvalue weighted by atomic mass is 35.5. The maximum Gasteiger partial charge on any atom is 0.289 e. The lowest BCUT2D eigenvalue weighted by Gasteiger charge is -2.15. The summed E-state index contributed by atoms with van der Waals surface area (Å²) < 4.78 is 5.14. The first-order valence-electron chi connectivity index (χ1n) is 8.87. The van der Waals surface area contributed by atoms with Crippen molar-refractivity contribution in [2.45, 2.75) is 0 Å². The Kier molecular flexibility index (Phi) is 5.39. The van der Waals surface area contributed by atoms with Gasteiger partial charge >= 0.3 is 0 Å². The number of pyridine rings is 1. The molecule has 0 saturated carbocycles. The van der Waals surface area contributed by atoms with Gasteiger partial charge in [0, 0.05) is 28.5 Å². The zero-order valence-corrected chi connectivity index (χ0v) is 17.1. The molecule has 1 aliphatic heterocycles. The fraction of sp³-hybridized carbons (Fsp3) is 0.100. The predicted octanol–water partition coefficient (Wildman–Crippen LogP) is 3.59. The number of thiophene rings is 1. The third kappa shape index (κ3) is 3.85. The number of rotatable bonds is 5. The Bertz CT molecular complexity index is 1130. The third-order valence-electron chi connectivity index (χ3n) is 4.48. The highest BCUT2D eigenvalue weighted by Crippen LogP contribution is 2.32. The summed E-state index contributed by atoms with van der Waals surface area (Å²) >= 11 is 6.98. The van der Waals surface area contributed by atoms with E-state index in [1.54, 1.807) is 46.7 Å². The Morgan fingerprint density at radius 1 is 1.23 bits per heavy atom. The van der Waals surface area contributed by atoms with Gasteiger partial charge < -0.3 is 15.8 Å². The Balaban J connectivity index is 1.61. The molecule has 0 unspecified atom stereocenters. The van der Waals surface area contributed by atoms with Crippen LogP contribution in [0.15, 0.2) is 48.0 Å². The normalized spacial score (nSPS) is 13.2. The zero-order valence-electron chi connectivity index (χ0n) is 15.5. The molecule has 1 fully saturated rings. The van der Waals surface area contributed by atoms with Crippen LogP contribution in [-0.4, -0.2) is 36.0 Å². The molecular weight excluding hydrogens is 426 g/mol. The summed E-state index contributed by atoms with van der Waals surface area (Å²) in [4.78, 5) is 31.0. The lowest BCUT2D eigenvalue weighted by atomic mass is 10.1. The quantitative estimate of drug-likeness (QED) is 0.558. The largest absolute Gasteiger partial charge is 0.463 e. The first-order chi connectivity index (χ1) is 14.4. The SMILES string of the molecule is N=C1OCCN1c1ccc(NC(=O)c2c(-c3ccc(Cl)cn3)csc2C(N)=O)cc1. The molecule has 3 heterocycles. The van der Waals surface area contributed by atoms with E-state index < -0.39 is 11.8 Å². The summed E-state index contributed by atoms with van der Waals surface area (Å²) in [6.07, 6.45) is 1.47. The van der Waals surface area contributed by atoms with Gasteiger partial charge in [-0.05, 0) is 36.4 Å². The molecule has 4 rings (SSSR count). The minimum atomic E-state index is -0.687. The van der Waals surface area contributed by atoms with E-state index in [0.29, 0.717) is 35.1 Å². The summed E-state index contributed by atoms with van der Waals surface area (Å²) in [7, 11) is 0. The van der Waals surface area contributed by atoms with Crippen molar-refractivity contribution in [1.29, 1.82) is 5.41 Å². The number of hydrogen-bond donors (Lipinski definition) is 3. The fourth-order valence-electron chi connectivity index (χ4n) is 3.07. The van der Waals surface area contributed by atoms with Crippen molar-refractivity contribution in [3.8, 4) is 11.3 Å². The van der Waals surface area contributed by atoms with Crippen LogP contribution < -0.4 is 16.0 Å². The molecule has 8 nitrogen and oxygen atoms in total. The standard InChI is InChI=1S/C20H16ClN5O3S/c21-11-1-6-15(24-9-11)14-10-30-17(18(22)27)16(14)19(28)25-12-2-4-13(5-3-12)26-7-8-29-20(26)23/h1-6,9-10,23H,7-8H2,(H2,22,27)(H,25,28). The molecule has 0 atom stereocenters. The number of ether oxygens (including phenoxy) is 1. The Hall–Kier alpha value is -3.43. The molecule has 30 heavy (non-hydrogen) atoms. The molecule has 0 radical (unpaired) electrons. The van der Waals surface area contributed by atoms with Crippen LogP contribution >= 0.6 is 22.9 Å². The van der Waals surface area contributed by atoms with Crippen LogP contribution in [0.25, 0.3) is 11.3 Å². The maximum atomic E-state index is 13.0. The lowest BCUT2D eigenvalue weighted by Crippen LogP contribution is -2.24. The van der Waals surface area contributed by atoms with E-state index in [9.17, 15) is 9.59 Å². The van der Waals surface area contributed by atoms with Crippen LogP contribution in [-0.2, 0) is 4.74 Å². The predicted molar refractivity (Wildman–Crippen MR) is 116 cm³/mol. The molecule has 2 amide bonds. The van der Waals surface area contributed by atoms with Crippen molar-refractivity contribution < 1.29 is 14.3 Å². The molecule has 0 spiro atoms. The van der Waals surface area contributed by atoms with E-state index in [4.69, 9.17) is 27.5 Å². The molecule has 4 N–H and O–H groups in total. The molecule has 152 valence electrons. The number of carbonyl (C=O) groups is 2. The number of benzene rings is 1. The van der Waals surface area contributed by atoms with Crippen LogP contribution in [0.5, 0.6) is 0 Å².